The van der Waals surface area contributed by atoms with E-state index in [4.69, 9.17) is 0 Å². The maximum atomic E-state index is 11.7. The van der Waals surface area contributed by atoms with Crippen molar-refractivity contribution in [2.75, 3.05) is 29.2 Å². The summed E-state index contributed by atoms with van der Waals surface area (Å²) in [6.45, 7) is 3.96. The zero-order valence-electron chi connectivity index (χ0n) is 12.2. The number of hydrogen-bond acceptors (Lipinski definition) is 7. The molecule has 1 aliphatic rings. The van der Waals surface area contributed by atoms with Gasteiger partial charge in [-0.15, -0.1) is 11.3 Å². The molecule has 3 heterocycles. The van der Waals surface area contributed by atoms with E-state index in [1.807, 2.05) is 19.9 Å². The molecule has 114 valence electrons. The van der Waals surface area contributed by atoms with Crippen LogP contribution in [0.4, 0.5) is 11.8 Å². The first-order valence-electron chi connectivity index (χ1n) is 6.75. The van der Waals surface area contributed by atoms with Crippen LogP contribution in [-0.4, -0.2) is 42.5 Å². The zero-order chi connectivity index (χ0) is 15.3. The lowest BCUT2D eigenvalue weighted by molar-refractivity contribution is 0.572. The summed E-state index contributed by atoms with van der Waals surface area (Å²) in [4.78, 5) is 11.0. The van der Waals surface area contributed by atoms with Gasteiger partial charge in [0.1, 0.15) is 10.6 Å². The SMILES string of the molecule is CNc1nc(NC2(C)CCS(=O)(=O)C2)c2cc(C)sc2n1. The standard InChI is InChI=1S/C13H18N4O2S2/c1-8-6-9-10(15-12(14-3)16-11(9)20-8)17-13(2)4-5-21(18,19)7-13/h6H,4-5,7H2,1-3H3,(H2,14,15,16,17). The summed E-state index contributed by atoms with van der Waals surface area (Å²) in [7, 11) is -1.19. The molecule has 21 heavy (non-hydrogen) atoms. The third-order valence-electron chi connectivity index (χ3n) is 3.66. The number of anilines is 2. The Labute approximate surface area is 127 Å². The number of thiophene rings is 1. The zero-order valence-corrected chi connectivity index (χ0v) is 13.9. The molecule has 1 unspecified atom stereocenters. The smallest absolute Gasteiger partial charge is 0.225 e. The Balaban J connectivity index is 2.03. The first kappa shape index (κ1) is 14.5. The lowest BCUT2D eigenvalue weighted by Gasteiger charge is -2.25. The van der Waals surface area contributed by atoms with E-state index in [1.54, 1.807) is 18.4 Å². The van der Waals surface area contributed by atoms with Crippen molar-refractivity contribution >= 4 is 43.2 Å². The molecule has 1 aliphatic heterocycles. The highest BCUT2D eigenvalue weighted by Crippen LogP contribution is 2.33. The highest BCUT2D eigenvalue weighted by molar-refractivity contribution is 7.91. The predicted octanol–water partition coefficient (Wildman–Crippen LogP) is 2.03. The Hall–Kier alpha value is -1.41. The van der Waals surface area contributed by atoms with Crippen LogP contribution in [0.1, 0.15) is 18.2 Å². The van der Waals surface area contributed by atoms with Crippen molar-refractivity contribution < 1.29 is 8.42 Å². The third kappa shape index (κ3) is 2.82. The fourth-order valence-corrected chi connectivity index (χ4v) is 5.62. The summed E-state index contributed by atoms with van der Waals surface area (Å²) in [5.41, 5.74) is -0.471. The molecule has 0 bridgehead atoms. The average Bonchev–Trinajstić information content (AvgIpc) is 2.88. The Kier molecular flexibility index (Phi) is 3.32. The number of nitrogens with one attached hydrogen (secondary N) is 2. The molecule has 2 aromatic heterocycles. The van der Waals surface area contributed by atoms with Gasteiger partial charge in [-0.25, -0.2) is 13.4 Å². The quantitative estimate of drug-likeness (QED) is 0.898. The Bertz CT molecular complexity index is 800. The van der Waals surface area contributed by atoms with Crippen molar-refractivity contribution in [3.05, 3.63) is 10.9 Å². The number of aryl methyl sites for hydroxylation is 1. The van der Waals surface area contributed by atoms with Crippen LogP contribution in [-0.2, 0) is 9.84 Å². The Morgan fingerprint density at radius 3 is 2.76 bits per heavy atom. The van der Waals surface area contributed by atoms with Crippen LogP contribution in [0.3, 0.4) is 0 Å². The number of sulfone groups is 1. The number of aromatic nitrogens is 2. The number of hydrogen-bond donors (Lipinski definition) is 2. The maximum absolute atomic E-state index is 11.7. The van der Waals surface area contributed by atoms with Gasteiger partial charge in [0.15, 0.2) is 9.84 Å². The number of nitrogens with zero attached hydrogens (tertiary/aromatic N) is 2. The minimum atomic E-state index is -2.96. The van der Waals surface area contributed by atoms with Crippen LogP contribution in [0.5, 0.6) is 0 Å². The minimum absolute atomic E-state index is 0.142. The van der Waals surface area contributed by atoms with Gasteiger partial charge in [0, 0.05) is 11.9 Å². The van der Waals surface area contributed by atoms with Crippen molar-refractivity contribution in [2.24, 2.45) is 0 Å². The van der Waals surface area contributed by atoms with Crippen LogP contribution < -0.4 is 10.6 Å². The Morgan fingerprint density at radius 2 is 2.14 bits per heavy atom. The topological polar surface area (TPSA) is 84.0 Å². The van der Waals surface area contributed by atoms with Gasteiger partial charge >= 0.3 is 0 Å². The van der Waals surface area contributed by atoms with Crippen molar-refractivity contribution in [3.8, 4) is 0 Å². The van der Waals surface area contributed by atoms with Crippen molar-refractivity contribution in [1.29, 1.82) is 0 Å². The van der Waals surface area contributed by atoms with Gasteiger partial charge in [0.2, 0.25) is 5.95 Å². The Morgan fingerprint density at radius 1 is 1.38 bits per heavy atom. The monoisotopic (exact) mass is 326 g/mol. The van der Waals surface area contributed by atoms with E-state index in [0.29, 0.717) is 18.2 Å². The van der Waals surface area contributed by atoms with E-state index in [-0.39, 0.29) is 11.5 Å². The molecule has 1 saturated heterocycles. The molecule has 3 rings (SSSR count). The molecular formula is C13H18N4O2S2. The molecule has 2 aromatic rings. The van der Waals surface area contributed by atoms with Crippen LogP contribution in [0.25, 0.3) is 10.2 Å². The molecule has 0 aromatic carbocycles. The summed E-state index contributed by atoms with van der Waals surface area (Å²) in [6, 6.07) is 2.04. The molecule has 6 nitrogen and oxygen atoms in total. The van der Waals surface area contributed by atoms with Crippen molar-refractivity contribution in [2.45, 2.75) is 25.8 Å². The lowest BCUT2D eigenvalue weighted by atomic mass is 10.0. The normalized spacial score (nSPS) is 24.3. The van der Waals surface area contributed by atoms with E-state index in [9.17, 15) is 8.42 Å². The van der Waals surface area contributed by atoms with E-state index in [0.717, 1.165) is 15.1 Å². The first-order chi connectivity index (χ1) is 9.80. The van der Waals surface area contributed by atoms with Gasteiger partial charge in [0.25, 0.3) is 0 Å². The summed E-state index contributed by atoms with van der Waals surface area (Å²) in [5, 5.41) is 7.24. The molecule has 0 saturated carbocycles. The molecule has 0 radical (unpaired) electrons. The highest BCUT2D eigenvalue weighted by atomic mass is 32.2. The van der Waals surface area contributed by atoms with Crippen LogP contribution in [0.2, 0.25) is 0 Å². The summed E-state index contributed by atoms with van der Waals surface area (Å²) < 4.78 is 23.5. The largest absolute Gasteiger partial charge is 0.363 e. The number of rotatable bonds is 3. The van der Waals surface area contributed by atoms with E-state index >= 15 is 0 Å². The minimum Gasteiger partial charge on any atom is -0.363 e. The molecule has 8 heteroatoms. The summed E-state index contributed by atoms with van der Waals surface area (Å²) in [6.07, 6.45) is 0.596. The average molecular weight is 326 g/mol. The van der Waals surface area contributed by atoms with Crippen LogP contribution in [0, 0.1) is 6.92 Å². The van der Waals surface area contributed by atoms with Gasteiger partial charge in [-0.05, 0) is 26.3 Å². The highest BCUT2D eigenvalue weighted by Gasteiger charge is 2.39. The second-order valence-electron chi connectivity index (χ2n) is 5.75. The van der Waals surface area contributed by atoms with Gasteiger partial charge < -0.3 is 10.6 Å². The molecule has 1 fully saturated rings. The first-order valence-corrected chi connectivity index (χ1v) is 9.39. The fourth-order valence-electron chi connectivity index (χ4n) is 2.64. The fraction of sp³-hybridized carbons (Fsp3) is 0.538. The molecule has 0 aliphatic carbocycles. The van der Waals surface area contributed by atoms with Crippen molar-refractivity contribution in [3.63, 3.8) is 0 Å². The third-order valence-corrected chi connectivity index (χ3v) is 6.51. The molecule has 0 amide bonds. The summed E-state index contributed by atoms with van der Waals surface area (Å²) in [5.74, 6) is 1.61. The van der Waals surface area contributed by atoms with Gasteiger partial charge in [-0.3, -0.25) is 0 Å². The van der Waals surface area contributed by atoms with Gasteiger partial charge in [0.05, 0.1) is 22.4 Å². The van der Waals surface area contributed by atoms with Crippen LogP contribution >= 0.6 is 11.3 Å². The lowest BCUT2D eigenvalue weighted by Crippen LogP contribution is -2.36. The number of fused-ring (bicyclic) bond motifs is 1. The maximum Gasteiger partial charge on any atom is 0.225 e. The van der Waals surface area contributed by atoms with Gasteiger partial charge in [-0.1, -0.05) is 0 Å². The van der Waals surface area contributed by atoms with Gasteiger partial charge in [-0.2, -0.15) is 4.98 Å². The second-order valence-corrected chi connectivity index (χ2v) is 9.17. The second kappa shape index (κ2) is 4.81. The van der Waals surface area contributed by atoms with Crippen molar-refractivity contribution in [1.82, 2.24) is 9.97 Å². The predicted molar refractivity (Wildman–Crippen MR) is 87.0 cm³/mol. The molecular weight excluding hydrogens is 308 g/mol. The molecule has 1 atom stereocenters. The van der Waals surface area contributed by atoms with E-state index in [1.165, 1.54) is 0 Å². The summed E-state index contributed by atoms with van der Waals surface area (Å²) >= 11 is 1.60. The van der Waals surface area contributed by atoms with E-state index in [2.05, 4.69) is 20.6 Å². The molecule has 0 spiro atoms. The van der Waals surface area contributed by atoms with Crippen LogP contribution in [0.15, 0.2) is 6.07 Å². The van der Waals surface area contributed by atoms with E-state index < -0.39 is 15.4 Å². The molecule has 2 N–H and O–H groups in total.